The number of H-pyrrole nitrogens is 1. The fraction of sp³-hybridized carbons (Fsp3) is 0.320. The third kappa shape index (κ3) is 4.40. The van der Waals surface area contributed by atoms with Gasteiger partial charge in [0.05, 0.1) is 24.9 Å². The van der Waals surface area contributed by atoms with Crippen molar-refractivity contribution >= 4 is 22.5 Å². The zero-order valence-electron chi connectivity index (χ0n) is 19.1. The summed E-state index contributed by atoms with van der Waals surface area (Å²) in [6.07, 6.45) is 3.71. The molecule has 1 fully saturated rings. The lowest BCUT2D eigenvalue weighted by Crippen LogP contribution is -2.40. The molecular formula is C25H28N6O2. The molecule has 0 saturated carbocycles. The van der Waals surface area contributed by atoms with E-state index in [1.54, 1.807) is 13.2 Å². The second-order valence-electron chi connectivity index (χ2n) is 8.88. The number of aromatic amines is 1. The first-order chi connectivity index (χ1) is 16.0. The predicted octanol–water partition coefficient (Wildman–Crippen LogP) is 4.55. The summed E-state index contributed by atoms with van der Waals surface area (Å²) in [6, 6.07) is 13.8. The highest BCUT2D eigenvalue weighted by atomic mass is 16.6. The van der Waals surface area contributed by atoms with E-state index in [-0.39, 0.29) is 5.41 Å². The number of hydroxylamine groups is 1. The van der Waals surface area contributed by atoms with Crippen LogP contribution in [0.1, 0.15) is 24.5 Å². The van der Waals surface area contributed by atoms with E-state index in [0.29, 0.717) is 11.6 Å². The van der Waals surface area contributed by atoms with Crippen molar-refractivity contribution in [3.63, 3.8) is 0 Å². The van der Waals surface area contributed by atoms with Crippen LogP contribution in [0.25, 0.3) is 22.3 Å². The maximum absolute atomic E-state index is 5.47. The largest absolute Gasteiger partial charge is 0.409 e. The molecule has 3 heterocycles. The molecule has 5 rings (SSSR count). The Bertz CT molecular complexity index is 1270. The zero-order chi connectivity index (χ0) is 22.8. The number of anilines is 2. The summed E-state index contributed by atoms with van der Waals surface area (Å²) in [4.78, 5) is 15.3. The molecule has 170 valence electrons. The highest BCUT2D eigenvalue weighted by molar-refractivity contribution is 5.95. The molecule has 3 N–H and O–H groups in total. The van der Waals surface area contributed by atoms with Crippen molar-refractivity contribution in [3.05, 3.63) is 59.8 Å². The third-order valence-electron chi connectivity index (χ3n) is 6.15. The summed E-state index contributed by atoms with van der Waals surface area (Å²) in [6.45, 7) is 6.08. The second-order valence-corrected chi connectivity index (χ2v) is 8.88. The molecule has 0 bridgehead atoms. The summed E-state index contributed by atoms with van der Waals surface area (Å²) < 4.78 is 5.47. The van der Waals surface area contributed by atoms with E-state index in [1.165, 1.54) is 11.1 Å². The maximum Gasteiger partial charge on any atom is 0.162 e. The number of fused-ring (bicyclic) bond motifs is 1. The van der Waals surface area contributed by atoms with Gasteiger partial charge in [0.25, 0.3) is 0 Å². The molecule has 0 radical (unpaired) electrons. The van der Waals surface area contributed by atoms with Gasteiger partial charge in [-0.15, -0.1) is 0 Å². The summed E-state index contributed by atoms with van der Waals surface area (Å²) >= 11 is 0. The molecule has 2 aromatic carbocycles. The quantitative estimate of drug-likeness (QED) is 0.343. The Balaban J connectivity index is 1.62. The molecule has 0 aliphatic carbocycles. The lowest BCUT2D eigenvalue weighted by atomic mass is 9.81. The number of hydrogen-bond acceptors (Lipinski definition) is 7. The van der Waals surface area contributed by atoms with Crippen LogP contribution in [0, 0.1) is 12.3 Å². The molecule has 0 spiro atoms. The predicted molar refractivity (Wildman–Crippen MR) is 129 cm³/mol. The SMILES string of the molecule is CNOc1cccc(-c2nc(Nc3ccn[nH]3)c3c(CCC4(C)COC4)c(C)ccc3n2)c1. The normalized spacial score (nSPS) is 14.8. The lowest BCUT2D eigenvalue weighted by Gasteiger charge is -2.38. The molecule has 4 aromatic rings. The van der Waals surface area contributed by atoms with Crippen molar-refractivity contribution in [2.45, 2.75) is 26.7 Å². The average molecular weight is 445 g/mol. The molecule has 1 aliphatic heterocycles. The van der Waals surface area contributed by atoms with E-state index in [4.69, 9.17) is 19.5 Å². The van der Waals surface area contributed by atoms with Gasteiger partial charge in [0, 0.05) is 29.5 Å². The molecule has 33 heavy (non-hydrogen) atoms. The molecule has 8 nitrogen and oxygen atoms in total. The van der Waals surface area contributed by atoms with Gasteiger partial charge in [-0.1, -0.05) is 25.1 Å². The first kappa shape index (κ1) is 21.4. The van der Waals surface area contributed by atoms with Crippen molar-refractivity contribution < 1.29 is 9.57 Å². The minimum Gasteiger partial charge on any atom is -0.409 e. The van der Waals surface area contributed by atoms with Crippen LogP contribution in [0.3, 0.4) is 0 Å². The number of hydrogen-bond donors (Lipinski definition) is 3. The van der Waals surface area contributed by atoms with Crippen molar-refractivity contribution in [3.8, 4) is 17.1 Å². The number of aryl methyl sites for hydroxylation is 2. The van der Waals surface area contributed by atoms with Crippen LogP contribution in [0.5, 0.6) is 5.75 Å². The number of ether oxygens (including phenoxy) is 1. The van der Waals surface area contributed by atoms with Gasteiger partial charge in [-0.2, -0.15) is 10.6 Å². The Morgan fingerprint density at radius 3 is 2.76 bits per heavy atom. The maximum atomic E-state index is 5.47. The summed E-state index contributed by atoms with van der Waals surface area (Å²) in [5.74, 6) is 2.86. The molecule has 2 aromatic heterocycles. The Kier molecular flexibility index (Phi) is 5.70. The number of rotatable bonds is 8. The van der Waals surface area contributed by atoms with Gasteiger partial charge in [-0.25, -0.2) is 9.97 Å². The number of nitrogens with zero attached hydrogens (tertiary/aromatic N) is 3. The standard InChI is InChI=1S/C25H28N6O2/c1-16-7-8-20-22(19(16)9-11-25(2)14-32-15-25)24(29-21-10-12-27-31-21)30-23(28-20)17-5-4-6-18(13-17)33-26-3/h4-8,10,12-13,26H,9,11,14-15H2,1-3H3,(H2,27,28,29,30,31). The number of benzene rings is 2. The Morgan fingerprint density at radius 1 is 1.15 bits per heavy atom. The molecule has 0 amide bonds. The van der Waals surface area contributed by atoms with Gasteiger partial charge in [0.2, 0.25) is 0 Å². The lowest BCUT2D eigenvalue weighted by molar-refractivity contribution is -0.105. The fourth-order valence-electron chi connectivity index (χ4n) is 4.23. The van der Waals surface area contributed by atoms with Crippen molar-refractivity contribution in [1.82, 2.24) is 25.6 Å². The minimum absolute atomic E-state index is 0.236. The van der Waals surface area contributed by atoms with Crippen LogP contribution in [-0.4, -0.2) is 40.4 Å². The Hall–Kier alpha value is -3.49. The van der Waals surface area contributed by atoms with Crippen LogP contribution in [0.4, 0.5) is 11.6 Å². The number of nitrogens with one attached hydrogen (secondary N) is 3. The van der Waals surface area contributed by atoms with Crippen molar-refractivity contribution in [2.75, 3.05) is 25.6 Å². The minimum atomic E-state index is 0.236. The van der Waals surface area contributed by atoms with Gasteiger partial charge in [0.15, 0.2) is 5.82 Å². The van der Waals surface area contributed by atoms with Crippen molar-refractivity contribution in [2.24, 2.45) is 5.41 Å². The Labute approximate surface area is 192 Å². The molecule has 0 atom stereocenters. The van der Waals surface area contributed by atoms with Crippen molar-refractivity contribution in [1.29, 1.82) is 0 Å². The van der Waals surface area contributed by atoms with E-state index in [0.717, 1.165) is 54.2 Å². The molecule has 8 heteroatoms. The highest BCUT2D eigenvalue weighted by Gasteiger charge is 2.33. The van der Waals surface area contributed by atoms with Crippen LogP contribution in [0.15, 0.2) is 48.7 Å². The van der Waals surface area contributed by atoms with Gasteiger partial charge in [-0.3, -0.25) is 5.10 Å². The first-order valence-electron chi connectivity index (χ1n) is 11.1. The van der Waals surface area contributed by atoms with Crippen LogP contribution >= 0.6 is 0 Å². The molecular weight excluding hydrogens is 416 g/mol. The second kappa shape index (κ2) is 8.80. The molecule has 0 unspecified atom stereocenters. The van der Waals surface area contributed by atoms with Crippen LogP contribution < -0.4 is 15.6 Å². The Morgan fingerprint density at radius 2 is 2.03 bits per heavy atom. The monoisotopic (exact) mass is 444 g/mol. The van der Waals surface area contributed by atoms with Gasteiger partial charge in [-0.05, 0) is 49.1 Å². The van der Waals surface area contributed by atoms with Gasteiger partial charge < -0.3 is 14.9 Å². The topological polar surface area (TPSA) is 97.0 Å². The third-order valence-corrected chi connectivity index (χ3v) is 6.15. The van der Waals surface area contributed by atoms with E-state index in [1.807, 2.05) is 30.3 Å². The molecule has 1 saturated heterocycles. The summed E-state index contributed by atoms with van der Waals surface area (Å²) in [5, 5.41) is 11.5. The number of aromatic nitrogens is 4. The van der Waals surface area contributed by atoms with Crippen LogP contribution in [-0.2, 0) is 11.2 Å². The van der Waals surface area contributed by atoms with Gasteiger partial charge >= 0.3 is 0 Å². The molecule has 1 aliphatic rings. The highest BCUT2D eigenvalue weighted by Crippen LogP contribution is 2.36. The van der Waals surface area contributed by atoms with Crippen LogP contribution in [0.2, 0.25) is 0 Å². The van der Waals surface area contributed by atoms with Gasteiger partial charge in [0.1, 0.15) is 17.4 Å². The fourth-order valence-corrected chi connectivity index (χ4v) is 4.23. The zero-order valence-corrected chi connectivity index (χ0v) is 19.1. The smallest absolute Gasteiger partial charge is 0.162 e. The first-order valence-corrected chi connectivity index (χ1v) is 11.1. The average Bonchev–Trinajstić information content (AvgIpc) is 3.31. The summed E-state index contributed by atoms with van der Waals surface area (Å²) in [7, 11) is 1.73. The summed E-state index contributed by atoms with van der Waals surface area (Å²) in [5.41, 5.74) is 7.22. The van der Waals surface area contributed by atoms with E-state index < -0.39 is 0 Å². The van der Waals surface area contributed by atoms with E-state index in [2.05, 4.69) is 47.0 Å². The van der Waals surface area contributed by atoms with E-state index >= 15 is 0 Å². The van der Waals surface area contributed by atoms with E-state index in [9.17, 15) is 0 Å².